The van der Waals surface area contributed by atoms with Crippen molar-refractivity contribution in [1.82, 2.24) is 10.3 Å². The Morgan fingerprint density at radius 2 is 1.56 bits per heavy atom. The normalized spacial score (nSPS) is 31.3. The molecule has 1 aromatic heterocycles. The predicted octanol–water partition coefficient (Wildman–Crippen LogP) is 1.29. The van der Waals surface area contributed by atoms with Crippen LogP contribution in [-0.2, 0) is 0 Å². The molecule has 2 rings (SSSR count). The Morgan fingerprint density at radius 3 is 2.00 bits per heavy atom. The van der Waals surface area contributed by atoms with Crippen molar-refractivity contribution in [2.75, 3.05) is 0 Å². The Kier molecular flexibility index (Phi) is 0.743. The second-order valence-corrected chi connectivity index (χ2v) is 2.61. The summed E-state index contributed by atoms with van der Waals surface area (Å²) in [6.45, 7) is 4.27. The van der Waals surface area contributed by atoms with Gasteiger partial charge in [-0.3, -0.25) is 0 Å². The van der Waals surface area contributed by atoms with Crippen LogP contribution in [0.1, 0.15) is 37.1 Å². The van der Waals surface area contributed by atoms with Crippen LogP contribution in [0.15, 0.2) is 4.63 Å². The van der Waals surface area contributed by atoms with Crippen molar-refractivity contribution < 1.29 is 4.63 Å². The molecule has 0 aromatic carbocycles. The van der Waals surface area contributed by atoms with Gasteiger partial charge in [-0.05, 0) is 0 Å². The largest absolute Gasteiger partial charge is 0.244 e. The number of hydrogen-bond donors (Lipinski definition) is 0. The van der Waals surface area contributed by atoms with Crippen molar-refractivity contribution in [2.45, 2.75) is 25.7 Å². The van der Waals surface area contributed by atoms with Crippen molar-refractivity contribution in [1.29, 1.82) is 0 Å². The molecule has 48 valence electrons. The fraction of sp³-hybridized carbons (Fsp3) is 0.667. The standard InChI is InChI=1S/C6H8N2O/c1-3-4(2)6-5(3)7-9-8-6/h3-4H,1-2H3/t3-,4?/m0/s1. The molecule has 1 aromatic rings. The first kappa shape index (κ1) is 4.97. The molecule has 3 nitrogen and oxygen atoms in total. The summed E-state index contributed by atoms with van der Waals surface area (Å²) in [4.78, 5) is 0. The first-order chi connectivity index (χ1) is 4.30. The number of hydrogen-bond acceptors (Lipinski definition) is 3. The zero-order valence-electron chi connectivity index (χ0n) is 5.46. The first-order valence-corrected chi connectivity index (χ1v) is 3.13. The Bertz CT molecular complexity index is 208. The second-order valence-electron chi connectivity index (χ2n) is 2.61. The summed E-state index contributed by atoms with van der Waals surface area (Å²) in [7, 11) is 0. The summed E-state index contributed by atoms with van der Waals surface area (Å²) in [5, 5.41) is 7.50. The van der Waals surface area contributed by atoms with Gasteiger partial charge in [-0.2, -0.15) is 0 Å². The van der Waals surface area contributed by atoms with Crippen LogP contribution in [0.25, 0.3) is 0 Å². The monoisotopic (exact) mass is 124 g/mol. The smallest absolute Gasteiger partial charge is 0.112 e. The fourth-order valence-electron chi connectivity index (χ4n) is 1.21. The summed E-state index contributed by atoms with van der Waals surface area (Å²) >= 11 is 0. The minimum atomic E-state index is 0.547. The van der Waals surface area contributed by atoms with Gasteiger partial charge >= 0.3 is 0 Å². The molecular formula is C6H8N2O. The van der Waals surface area contributed by atoms with E-state index in [0.29, 0.717) is 11.8 Å². The lowest BCUT2D eigenvalue weighted by Gasteiger charge is -2.25. The summed E-state index contributed by atoms with van der Waals surface area (Å²) < 4.78 is 4.55. The third kappa shape index (κ3) is 0.422. The molecule has 0 bridgehead atoms. The lowest BCUT2D eigenvalue weighted by Crippen LogP contribution is -2.18. The van der Waals surface area contributed by atoms with Crippen molar-refractivity contribution in [3.63, 3.8) is 0 Å². The van der Waals surface area contributed by atoms with Crippen molar-refractivity contribution in [3.05, 3.63) is 11.4 Å². The average Bonchev–Trinajstić information content (AvgIpc) is 2.30. The molecule has 0 saturated heterocycles. The van der Waals surface area contributed by atoms with E-state index in [2.05, 4.69) is 28.8 Å². The van der Waals surface area contributed by atoms with E-state index >= 15 is 0 Å². The van der Waals surface area contributed by atoms with E-state index in [4.69, 9.17) is 0 Å². The van der Waals surface area contributed by atoms with E-state index in [1.165, 1.54) is 0 Å². The van der Waals surface area contributed by atoms with Gasteiger partial charge in [0.25, 0.3) is 0 Å². The van der Waals surface area contributed by atoms with E-state index in [1.54, 1.807) is 0 Å². The molecule has 2 atom stereocenters. The number of fused-ring (bicyclic) bond motifs is 1. The lowest BCUT2D eigenvalue weighted by molar-refractivity contribution is 0.304. The number of nitrogens with zero attached hydrogens (tertiary/aromatic N) is 2. The van der Waals surface area contributed by atoms with Gasteiger partial charge in [0.1, 0.15) is 11.4 Å². The molecular weight excluding hydrogens is 116 g/mol. The highest BCUT2D eigenvalue weighted by Gasteiger charge is 2.36. The molecule has 3 heteroatoms. The SMILES string of the molecule is CC1c2nonc2[C@H]1C. The van der Waals surface area contributed by atoms with E-state index in [9.17, 15) is 0 Å². The Morgan fingerprint density at radius 1 is 1.11 bits per heavy atom. The van der Waals surface area contributed by atoms with Crippen LogP contribution >= 0.6 is 0 Å². The molecule has 1 heterocycles. The van der Waals surface area contributed by atoms with Crippen LogP contribution < -0.4 is 0 Å². The quantitative estimate of drug-likeness (QED) is 0.523. The molecule has 0 aliphatic heterocycles. The van der Waals surface area contributed by atoms with Gasteiger partial charge in [0, 0.05) is 11.8 Å². The molecule has 1 aliphatic carbocycles. The van der Waals surface area contributed by atoms with E-state index in [-0.39, 0.29) is 0 Å². The molecule has 0 N–H and O–H groups in total. The van der Waals surface area contributed by atoms with Crippen LogP contribution in [0.2, 0.25) is 0 Å². The number of aromatic nitrogens is 2. The van der Waals surface area contributed by atoms with Gasteiger partial charge < -0.3 is 0 Å². The van der Waals surface area contributed by atoms with E-state index in [1.807, 2.05) is 0 Å². The van der Waals surface area contributed by atoms with Crippen molar-refractivity contribution >= 4 is 0 Å². The Balaban J connectivity index is 2.50. The third-order valence-electron chi connectivity index (χ3n) is 2.15. The summed E-state index contributed by atoms with van der Waals surface area (Å²) in [5.41, 5.74) is 2.09. The molecule has 1 unspecified atom stereocenters. The molecule has 0 spiro atoms. The minimum absolute atomic E-state index is 0.547. The van der Waals surface area contributed by atoms with E-state index < -0.39 is 0 Å². The predicted molar refractivity (Wildman–Crippen MR) is 31.1 cm³/mol. The van der Waals surface area contributed by atoms with Crippen LogP contribution in [-0.4, -0.2) is 10.3 Å². The van der Waals surface area contributed by atoms with Gasteiger partial charge in [0.15, 0.2) is 0 Å². The minimum Gasteiger partial charge on any atom is -0.244 e. The summed E-state index contributed by atoms with van der Waals surface area (Å²) in [6, 6.07) is 0. The van der Waals surface area contributed by atoms with Gasteiger partial charge in [-0.25, -0.2) is 4.63 Å². The highest BCUT2D eigenvalue weighted by molar-refractivity contribution is 5.30. The number of rotatable bonds is 0. The average molecular weight is 124 g/mol. The molecule has 1 aliphatic rings. The van der Waals surface area contributed by atoms with Crippen LogP contribution in [0.3, 0.4) is 0 Å². The van der Waals surface area contributed by atoms with Crippen molar-refractivity contribution in [3.8, 4) is 0 Å². The maximum Gasteiger partial charge on any atom is 0.112 e. The van der Waals surface area contributed by atoms with Crippen LogP contribution in [0, 0.1) is 0 Å². The Hall–Kier alpha value is -0.860. The van der Waals surface area contributed by atoms with Crippen LogP contribution in [0.4, 0.5) is 0 Å². The first-order valence-electron chi connectivity index (χ1n) is 3.13. The molecule has 0 saturated carbocycles. The second kappa shape index (κ2) is 1.35. The topological polar surface area (TPSA) is 38.9 Å². The zero-order valence-corrected chi connectivity index (χ0v) is 5.46. The Labute approximate surface area is 53.0 Å². The maximum atomic E-state index is 4.55. The van der Waals surface area contributed by atoms with Gasteiger partial charge in [0.05, 0.1) is 0 Å². The summed E-state index contributed by atoms with van der Waals surface area (Å²) in [6.07, 6.45) is 0. The highest BCUT2D eigenvalue weighted by Crippen LogP contribution is 2.42. The third-order valence-corrected chi connectivity index (χ3v) is 2.15. The summed E-state index contributed by atoms with van der Waals surface area (Å²) in [5.74, 6) is 1.09. The van der Waals surface area contributed by atoms with Crippen LogP contribution in [0.5, 0.6) is 0 Å². The fourth-order valence-corrected chi connectivity index (χ4v) is 1.21. The molecule has 0 amide bonds. The van der Waals surface area contributed by atoms with Crippen molar-refractivity contribution in [2.24, 2.45) is 0 Å². The van der Waals surface area contributed by atoms with Gasteiger partial charge in [-0.15, -0.1) is 0 Å². The highest BCUT2D eigenvalue weighted by atomic mass is 16.6. The zero-order chi connectivity index (χ0) is 6.43. The molecule has 0 fully saturated rings. The van der Waals surface area contributed by atoms with E-state index in [0.717, 1.165) is 11.4 Å². The molecule has 9 heavy (non-hydrogen) atoms. The van der Waals surface area contributed by atoms with Gasteiger partial charge in [0.2, 0.25) is 0 Å². The lowest BCUT2D eigenvalue weighted by atomic mass is 9.77. The van der Waals surface area contributed by atoms with Gasteiger partial charge in [-0.1, -0.05) is 24.2 Å². The maximum absolute atomic E-state index is 4.55. The molecule has 0 radical (unpaired) electrons.